The third kappa shape index (κ3) is 6.33. The van der Waals surface area contributed by atoms with E-state index < -0.39 is 13.7 Å². The van der Waals surface area contributed by atoms with Crippen molar-refractivity contribution < 1.29 is 23.9 Å². The molecule has 9 nitrogen and oxygen atoms in total. The zero-order chi connectivity index (χ0) is 17.9. The van der Waals surface area contributed by atoms with E-state index in [1.807, 2.05) is 0 Å². The third-order valence-corrected chi connectivity index (χ3v) is 4.09. The van der Waals surface area contributed by atoms with Crippen molar-refractivity contribution in [3.05, 3.63) is 6.20 Å². The fourth-order valence-corrected chi connectivity index (χ4v) is 2.59. The Kier molecular flexibility index (Phi) is 9.11. The van der Waals surface area contributed by atoms with Gasteiger partial charge in [-0.25, -0.2) is 9.78 Å². The minimum Gasteiger partial charge on any atom is -0.491 e. The summed E-state index contributed by atoms with van der Waals surface area (Å²) in [5.74, 6) is 0.748. The quantitative estimate of drug-likeness (QED) is 0.511. The first-order chi connectivity index (χ1) is 11.5. The molecule has 1 aromatic heterocycles. The van der Waals surface area contributed by atoms with Gasteiger partial charge >= 0.3 is 5.71 Å². The van der Waals surface area contributed by atoms with Gasteiger partial charge in [0.2, 0.25) is 5.95 Å². The Balaban J connectivity index is 2.87. The van der Waals surface area contributed by atoms with Gasteiger partial charge in [0.25, 0.3) is 7.95 Å². The number of ether oxygens (including phenoxy) is 2. The van der Waals surface area contributed by atoms with Crippen molar-refractivity contribution in [2.24, 2.45) is 0 Å². The minimum absolute atomic E-state index is 0.0161. The maximum atomic E-state index is 11.8. The van der Waals surface area contributed by atoms with Crippen molar-refractivity contribution in [3.8, 4) is 5.75 Å². The van der Waals surface area contributed by atoms with Crippen LogP contribution < -0.4 is 15.1 Å². The van der Waals surface area contributed by atoms with Gasteiger partial charge in [-0.1, -0.05) is 19.8 Å². The lowest BCUT2D eigenvalue weighted by atomic mass is 10.1. The zero-order valence-electron chi connectivity index (χ0n) is 14.2. The fourth-order valence-electron chi connectivity index (χ4n) is 1.89. The average molecular weight is 360 g/mol. The Hall–Kier alpha value is -1.86. The summed E-state index contributed by atoms with van der Waals surface area (Å²) in [5.41, 5.74) is -0.826. The molecule has 1 rings (SSSR count). The number of rotatable bonds is 11. The van der Waals surface area contributed by atoms with Crippen LogP contribution in [0.3, 0.4) is 0 Å². The van der Waals surface area contributed by atoms with Crippen LogP contribution in [0.1, 0.15) is 33.1 Å². The van der Waals surface area contributed by atoms with Crippen molar-refractivity contribution in [2.45, 2.75) is 39.2 Å². The first kappa shape index (κ1) is 20.2. The molecule has 136 valence electrons. The fraction of sp³-hybridized carbons (Fsp3) is 0.643. The normalized spacial score (nSPS) is 13.0. The number of hydrogen-bond donors (Lipinski definition) is 3. The molecule has 24 heavy (non-hydrogen) atoms. The zero-order valence-corrected chi connectivity index (χ0v) is 15.2. The molecule has 3 N–H and O–H groups in total. The van der Waals surface area contributed by atoms with Crippen LogP contribution in [-0.4, -0.2) is 47.2 Å². The van der Waals surface area contributed by atoms with E-state index in [4.69, 9.17) is 4.74 Å². The Morgan fingerprint density at radius 2 is 2.21 bits per heavy atom. The molecule has 0 saturated heterocycles. The lowest BCUT2D eigenvalue weighted by molar-refractivity contribution is 0.179. The number of nitrogens with one attached hydrogen (secondary N) is 2. The largest absolute Gasteiger partial charge is 0.491 e. The molecule has 0 radical (unpaired) electrons. The molecule has 0 spiro atoms. The number of carbonyl (C=O) groups excluding carboxylic acids is 1. The van der Waals surface area contributed by atoms with Crippen molar-refractivity contribution in [3.63, 3.8) is 0 Å². The molecule has 2 atom stereocenters. The van der Waals surface area contributed by atoms with Crippen LogP contribution in [0, 0.1) is 0 Å². The maximum absolute atomic E-state index is 11.8. The number of aliphatic hydroxyl groups excluding tert-OH is 1. The van der Waals surface area contributed by atoms with E-state index >= 15 is 0 Å². The molecule has 0 bridgehead atoms. The van der Waals surface area contributed by atoms with E-state index in [9.17, 15) is 14.5 Å². The minimum atomic E-state index is -2.87. The molecule has 1 heterocycles. The SMILES string of the molecule is CCCC[C@H](CO)Nc1nc(N[PH](=O)C(=O)OCC)ncc1OC. The van der Waals surface area contributed by atoms with Crippen LogP contribution in [0.5, 0.6) is 5.75 Å². The average Bonchev–Trinajstić information content (AvgIpc) is 2.58. The number of aliphatic hydroxyl groups is 1. The van der Waals surface area contributed by atoms with Gasteiger partial charge in [-0.15, -0.1) is 0 Å². The molecular weight excluding hydrogens is 335 g/mol. The highest BCUT2D eigenvalue weighted by atomic mass is 31.1. The van der Waals surface area contributed by atoms with Crippen molar-refractivity contribution >= 4 is 25.4 Å². The molecule has 0 fully saturated rings. The maximum Gasteiger partial charge on any atom is 0.381 e. The van der Waals surface area contributed by atoms with Crippen molar-refractivity contribution in [1.82, 2.24) is 9.97 Å². The van der Waals surface area contributed by atoms with E-state index in [-0.39, 0.29) is 25.2 Å². The molecule has 0 saturated carbocycles. The number of unbranched alkanes of at least 4 members (excludes halogenated alkanes) is 1. The van der Waals surface area contributed by atoms with Crippen molar-refractivity contribution in [1.29, 1.82) is 0 Å². The Morgan fingerprint density at radius 1 is 1.46 bits per heavy atom. The molecular formula is C14H25N4O5P. The monoisotopic (exact) mass is 360 g/mol. The second-order valence-corrected chi connectivity index (χ2v) is 6.27. The summed E-state index contributed by atoms with van der Waals surface area (Å²) in [4.78, 5) is 19.5. The second-order valence-electron chi connectivity index (χ2n) is 4.95. The van der Waals surface area contributed by atoms with Gasteiger partial charge < -0.3 is 19.9 Å². The topological polar surface area (TPSA) is 123 Å². The van der Waals surface area contributed by atoms with Gasteiger partial charge in [-0.3, -0.25) is 9.65 Å². The van der Waals surface area contributed by atoms with Gasteiger partial charge in [-0.2, -0.15) is 4.98 Å². The molecule has 0 aliphatic heterocycles. The Labute approximate surface area is 142 Å². The predicted molar refractivity (Wildman–Crippen MR) is 92.3 cm³/mol. The number of carbonyl (C=O) groups is 1. The first-order valence-electron chi connectivity index (χ1n) is 7.82. The van der Waals surface area contributed by atoms with E-state index in [0.717, 1.165) is 19.3 Å². The number of anilines is 2. The molecule has 1 aromatic rings. The third-order valence-electron chi connectivity index (χ3n) is 3.13. The van der Waals surface area contributed by atoms with Crippen LogP contribution in [0.15, 0.2) is 6.20 Å². The highest BCUT2D eigenvalue weighted by Gasteiger charge is 2.17. The lowest BCUT2D eigenvalue weighted by Crippen LogP contribution is -2.24. The van der Waals surface area contributed by atoms with Gasteiger partial charge in [0.15, 0.2) is 11.6 Å². The number of methoxy groups -OCH3 is 1. The summed E-state index contributed by atoms with van der Waals surface area (Å²) in [7, 11) is -1.40. The van der Waals surface area contributed by atoms with Crippen LogP contribution in [0.25, 0.3) is 0 Å². The standard InChI is InChI=1S/C14H25N4O5P/c1-4-6-7-10(9-19)16-12-11(22-3)8-15-13(17-12)18-24(21)14(20)23-5-2/h8,10,19,24H,4-7,9H2,1-3H3,(H2,15,16,17,18,21)/t10-/m1/s1. The summed E-state index contributed by atoms with van der Waals surface area (Å²) < 4.78 is 21.7. The molecule has 0 aliphatic rings. The second kappa shape index (κ2) is 10.8. The number of nitrogens with zero attached hydrogens (tertiary/aromatic N) is 2. The molecule has 1 unspecified atom stereocenters. The summed E-state index contributed by atoms with van der Waals surface area (Å²) in [5, 5.41) is 15.0. The van der Waals surface area contributed by atoms with E-state index in [1.165, 1.54) is 13.3 Å². The van der Waals surface area contributed by atoms with E-state index in [0.29, 0.717) is 11.6 Å². The first-order valence-corrected chi connectivity index (χ1v) is 9.22. The molecule has 10 heteroatoms. The predicted octanol–water partition coefficient (Wildman–Crippen LogP) is 2.49. The smallest absolute Gasteiger partial charge is 0.381 e. The summed E-state index contributed by atoms with van der Waals surface area (Å²) in [6, 6.07) is -0.191. The highest BCUT2D eigenvalue weighted by Crippen LogP contribution is 2.28. The highest BCUT2D eigenvalue weighted by molar-refractivity contribution is 7.64. The van der Waals surface area contributed by atoms with E-state index in [1.54, 1.807) is 6.92 Å². The summed E-state index contributed by atoms with van der Waals surface area (Å²) >= 11 is 0. The lowest BCUT2D eigenvalue weighted by Gasteiger charge is -2.18. The summed E-state index contributed by atoms with van der Waals surface area (Å²) in [6.07, 6.45) is 4.12. The van der Waals surface area contributed by atoms with Crippen LogP contribution >= 0.6 is 7.95 Å². The van der Waals surface area contributed by atoms with Crippen LogP contribution in [0.2, 0.25) is 0 Å². The van der Waals surface area contributed by atoms with Crippen molar-refractivity contribution in [2.75, 3.05) is 30.7 Å². The molecule has 0 aromatic carbocycles. The number of hydrogen-bond acceptors (Lipinski definition) is 8. The van der Waals surface area contributed by atoms with Crippen LogP contribution in [-0.2, 0) is 9.30 Å². The number of aromatic nitrogens is 2. The van der Waals surface area contributed by atoms with Gasteiger partial charge in [-0.05, 0) is 13.3 Å². The Morgan fingerprint density at radius 3 is 2.79 bits per heavy atom. The Bertz CT molecular complexity index is 558. The van der Waals surface area contributed by atoms with Gasteiger partial charge in [0, 0.05) is 0 Å². The molecule has 0 amide bonds. The van der Waals surface area contributed by atoms with Gasteiger partial charge in [0.1, 0.15) is 0 Å². The van der Waals surface area contributed by atoms with E-state index in [2.05, 4.69) is 32.0 Å². The summed E-state index contributed by atoms with van der Waals surface area (Å²) in [6.45, 7) is 3.78. The van der Waals surface area contributed by atoms with Crippen LogP contribution in [0.4, 0.5) is 16.6 Å². The van der Waals surface area contributed by atoms with Gasteiger partial charge in [0.05, 0.1) is 32.6 Å². The molecule has 0 aliphatic carbocycles.